The van der Waals surface area contributed by atoms with E-state index in [-0.39, 0.29) is 11.9 Å². The molecule has 1 aliphatic rings. The van der Waals surface area contributed by atoms with E-state index < -0.39 is 5.82 Å². The number of halogens is 1. The van der Waals surface area contributed by atoms with Crippen LogP contribution in [0.5, 0.6) is 0 Å². The molecule has 3 aromatic rings. The molecule has 0 aliphatic carbocycles. The lowest BCUT2D eigenvalue weighted by atomic mass is 10.2. The van der Waals surface area contributed by atoms with Crippen molar-refractivity contribution in [3.63, 3.8) is 0 Å². The second-order valence-electron chi connectivity index (χ2n) is 6.39. The van der Waals surface area contributed by atoms with E-state index in [0.29, 0.717) is 31.7 Å². The Kier molecular flexibility index (Phi) is 4.77. The highest BCUT2D eigenvalue weighted by molar-refractivity contribution is 7.17. The molecule has 0 atom stereocenters. The summed E-state index contributed by atoms with van der Waals surface area (Å²) in [5.41, 5.74) is 1.08. The van der Waals surface area contributed by atoms with Crippen LogP contribution >= 0.6 is 11.3 Å². The number of amides is 3. The van der Waals surface area contributed by atoms with Crippen molar-refractivity contribution in [3.05, 3.63) is 65.3 Å². The van der Waals surface area contributed by atoms with E-state index in [1.807, 2.05) is 29.6 Å². The quantitative estimate of drug-likeness (QED) is 0.726. The monoisotopic (exact) mass is 383 g/mol. The maximum atomic E-state index is 13.3. The molecule has 0 saturated carbocycles. The van der Waals surface area contributed by atoms with Crippen LogP contribution in [0.1, 0.15) is 10.4 Å². The minimum atomic E-state index is -0.429. The van der Waals surface area contributed by atoms with E-state index in [1.165, 1.54) is 22.9 Å². The molecule has 5 nitrogen and oxygen atoms in total. The number of benzene rings is 2. The maximum Gasteiger partial charge on any atom is 0.321 e. The lowest BCUT2D eigenvalue weighted by Gasteiger charge is -2.34. The molecule has 1 aromatic heterocycles. The largest absolute Gasteiger partial charge is 0.335 e. The molecule has 7 heteroatoms. The van der Waals surface area contributed by atoms with Crippen molar-refractivity contribution in [2.45, 2.75) is 0 Å². The van der Waals surface area contributed by atoms with Gasteiger partial charge in [0.25, 0.3) is 5.91 Å². The van der Waals surface area contributed by atoms with Gasteiger partial charge in [-0.1, -0.05) is 6.07 Å². The zero-order chi connectivity index (χ0) is 18.8. The second kappa shape index (κ2) is 7.36. The number of carbonyl (C=O) groups excluding carboxylic acids is 2. The first-order chi connectivity index (χ1) is 13.1. The summed E-state index contributed by atoms with van der Waals surface area (Å²) in [6, 6.07) is 13.4. The van der Waals surface area contributed by atoms with Gasteiger partial charge >= 0.3 is 6.03 Å². The molecule has 2 aromatic carbocycles. The minimum Gasteiger partial charge on any atom is -0.335 e. The number of rotatable bonds is 2. The third kappa shape index (κ3) is 3.78. The van der Waals surface area contributed by atoms with Gasteiger partial charge in [0.15, 0.2) is 0 Å². The molecule has 0 radical (unpaired) electrons. The van der Waals surface area contributed by atoms with E-state index in [0.717, 1.165) is 11.1 Å². The summed E-state index contributed by atoms with van der Waals surface area (Å²) in [4.78, 5) is 28.3. The minimum absolute atomic E-state index is 0.178. The molecule has 27 heavy (non-hydrogen) atoms. The highest BCUT2D eigenvalue weighted by Crippen LogP contribution is 2.24. The molecule has 0 bridgehead atoms. The molecule has 1 saturated heterocycles. The Morgan fingerprint density at radius 3 is 2.52 bits per heavy atom. The van der Waals surface area contributed by atoms with Gasteiger partial charge in [-0.25, -0.2) is 9.18 Å². The fraction of sp³-hybridized carbons (Fsp3) is 0.200. The summed E-state index contributed by atoms with van der Waals surface area (Å²) in [5, 5.41) is 6.03. The molecule has 0 unspecified atom stereocenters. The van der Waals surface area contributed by atoms with Crippen LogP contribution in [0.25, 0.3) is 10.1 Å². The predicted molar refractivity (Wildman–Crippen MR) is 105 cm³/mol. The normalized spacial score (nSPS) is 14.4. The van der Waals surface area contributed by atoms with E-state index in [9.17, 15) is 14.0 Å². The predicted octanol–water partition coefficient (Wildman–Crippen LogP) is 4.03. The van der Waals surface area contributed by atoms with Crippen molar-refractivity contribution >= 4 is 39.0 Å². The molecular formula is C20H18FN3O2S. The number of carbonyl (C=O) groups is 2. The van der Waals surface area contributed by atoms with Gasteiger partial charge in [0, 0.05) is 42.1 Å². The van der Waals surface area contributed by atoms with Crippen LogP contribution < -0.4 is 5.32 Å². The molecule has 138 valence electrons. The number of fused-ring (bicyclic) bond motifs is 1. The second-order valence-corrected chi connectivity index (χ2v) is 7.34. The molecule has 2 heterocycles. The zero-order valence-corrected chi connectivity index (χ0v) is 15.3. The molecule has 0 spiro atoms. The number of anilines is 1. The summed E-state index contributed by atoms with van der Waals surface area (Å²) in [5.74, 6) is -0.640. The van der Waals surface area contributed by atoms with Crippen molar-refractivity contribution in [1.29, 1.82) is 0 Å². The van der Waals surface area contributed by atoms with Crippen LogP contribution in [0.15, 0.2) is 53.9 Å². The van der Waals surface area contributed by atoms with Crippen molar-refractivity contribution in [3.8, 4) is 0 Å². The number of thiophene rings is 1. The van der Waals surface area contributed by atoms with E-state index in [4.69, 9.17) is 0 Å². The van der Waals surface area contributed by atoms with Crippen LogP contribution in [0.3, 0.4) is 0 Å². The summed E-state index contributed by atoms with van der Waals surface area (Å²) in [7, 11) is 0. The van der Waals surface area contributed by atoms with Gasteiger partial charge in [0.05, 0.1) is 0 Å². The summed E-state index contributed by atoms with van der Waals surface area (Å²) >= 11 is 1.66. The van der Waals surface area contributed by atoms with Gasteiger partial charge in [-0.2, -0.15) is 0 Å². The zero-order valence-electron chi connectivity index (χ0n) is 14.5. The van der Waals surface area contributed by atoms with Gasteiger partial charge in [-0.3, -0.25) is 4.79 Å². The smallest absolute Gasteiger partial charge is 0.321 e. The van der Waals surface area contributed by atoms with Crippen LogP contribution in [0.2, 0.25) is 0 Å². The standard InChI is InChI=1S/C20H18FN3O2S/c21-16-3-1-2-15(12-16)19(25)23-7-9-24(10-8-23)20(26)22-17-4-5-18-14(13-17)6-11-27-18/h1-6,11-13H,7-10H2,(H,22,26). The fourth-order valence-electron chi connectivity index (χ4n) is 3.16. The fourth-order valence-corrected chi connectivity index (χ4v) is 3.93. The average Bonchev–Trinajstić information content (AvgIpc) is 3.15. The first-order valence-corrected chi connectivity index (χ1v) is 9.56. The Hall–Kier alpha value is -2.93. The molecular weight excluding hydrogens is 365 g/mol. The highest BCUT2D eigenvalue weighted by Gasteiger charge is 2.25. The molecule has 1 fully saturated rings. The van der Waals surface area contributed by atoms with Crippen LogP contribution in [0.4, 0.5) is 14.9 Å². The van der Waals surface area contributed by atoms with Gasteiger partial charge in [0.1, 0.15) is 5.82 Å². The Labute approximate surface area is 160 Å². The Morgan fingerprint density at radius 2 is 1.74 bits per heavy atom. The van der Waals surface area contributed by atoms with Crippen molar-refractivity contribution in [2.75, 3.05) is 31.5 Å². The van der Waals surface area contributed by atoms with Gasteiger partial charge < -0.3 is 15.1 Å². The van der Waals surface area contributed by atoms with E-state index in [1.54, 1.807) is 27.2 Å². The number of hydrogen-bond acceptors (Lipinski definition) is 3. The molecule has 3 amide bonds. The lowest BCUT2D eigenvalue weighted by Crippen LogP contribution is -2.51. The number of nitrogens with zero attached hydrogens (tertiary/aromatic N) is 2. The third-order valence-corrected chi connectivity index (χ3v) is 5.53. The van der Waals surface area contributed by atoms with Crippen LogP contribution in [-0.2, 0) is 0 Å². The van der Waals surface area contributed by atoms with Gasteiger partial charge in [0.2, 0.25) is 0 Å². The summed E-state index contributed by atoms with van der Waals surface area (Å²) < 4.78 is 14.5. The van der Waals surface area contributed by atoms with Gasteiger partial charge in [-0.05, 0) is 53.2 Å². The average molecular weight is 383 g/mol. The van der Waals surface area contributed by atoms with Gasteiger partial charge in [-0.15, -0.1) is 11.3 Å². The topological polar surface area (TPSA) is 52.7 Å². The van der Waals surface area contributed by atoms with Crippen LogP contribution in [-0.4, -0.2) is 47.9 Å². The summed E-state index contributed by atoms with van der Waals surface area (Å²) in [6.45, 7) is 1.72. The lowest BCUT2D eigenvalue weighted by molar-refractivity contribution is 0.0671. The highest BCUT2D eigenvalue weighted by atomic mass is 32.1. The number of nitrogens with one attached hydrogen (secondary N) is 1. The Morgan fingerprint density at radius 1 is 0.963 bits per heavy atom. The van der Waals surface area contributed by atoms with Crippen molar-refractivity contribution in [2.24, 2.45) is 0 Å². The SMILES string of the molecule is O=C(Nc1ccc2sccc2c1)N1CCN(C(=O)c2cccc(F)c2)CC1. The Balaban J connectivity index is 1.35. The molecule has 1 N–H and O–H groups in total. The number of hydrogen-bond donors (Lipinski definition) is 1. The maximum absolute atomic E-state index is 13.3. The first-order valence-electron chi connectivity index (χ1n) is 8.68. The van der Waals surface area contributed by atoms with Crippen LogP contribution in [0, 0.1) is 5.82 Å². The number of piperazine rings is 1. The van der Waals surface area contributed by atoms with E-state index >= 15 is 0 Å². The van der Waals surface area contributed by atoms with Crippen molar-refractivity contribution < 1.29 is 14.0 Å². The van der Waals surface area contributed by atoms with Crippen molar-refractivity contribution in [1.82, 2.24) is 9.80 Å². The molecule has 1 aliphatic heterocycles. The summed E-state index contributed by atoms with van der Waals surface area (Å²) in [6.07, 6.45) is 0. The van der Waals surface area contributed by atoms with E-state index in [2.05, 4.69) is 5.32 Å². The molecule has 4 rings (SSSR count). The third-order valence-electron chi connectivity index (χ3n) is 4.63. The first kappa shape index (κ1) is 17.5. The Bertz CT molecular complexity index is 996. The number of urea groups is 1.